The highest BCUT2D eigenvalue weighted by Crippen LogP contribution is 2.28. The van der Waals surface area contributed by atoms with Crippen LogP contribution in [0.5, 0.6) is 0 Å². The summed E-state index contributed by atoms with van der Waals surface area (Å²) in [7, 11) is 0. The summed E-state index contributed by atoms with van der Waals surface area (Å²) in [6.07, 6.45) is 3.72. The first kappa shape index (κ1) is 19.4. The molecule has 2 aromatic heterocycles. The van der Waals surface area contributed by atoms with E-state index in [0.29, 0.717) is 31.3 Å². The molecule has 0 bridgehead atoms. The van der Waals surface area contributed by atoms with Crippen molar-refractivity contribution in [1.82, 2.24) is 25.3 Å². The number of thiazole rings is 1. The molecule has 0 saturated carbocycles. The molecule has 3 rings (SSSR count). The zero-order valence-corrected chi connectivity index (χ0v) is 16.5. The Labute approximate surface area is 161 Å². The summed E-state index contributed by atoms with van der Waals surface area (Å²) in [5.41, 5.74) is 0.213. The van der Waals surface area contributed by atoms with Crippen molar-refractivity contribution < 1.29 is 14.3 Å². The number of carbonyl (C=O) groups excluding carboxylic acids is 2. The van der Waals surface area contributed by atoms with Gasteiger partial charge in [-0.2, -0.15) is 0 Å². The largest absolute Gasteiger partial charge is 0.380 e. The van der Waals surface area contributed by atoms with Gasteiger partial charge in [-0.05, 0) is 12.3 Å². The number of ether oxygens (including phenoxy) is 1. The number of rotatable bonds is 8. The van der Waals surface area contributed by atoms with E-state index in [2.05, 4.69) is 32.9 Å². The van der Waals surface area contributed by atoms with Crippen LogP contribution in [-0.4, -0.2) is 51.0 Å². The number of hydrogen-bond donors (Lipinski definition) is 2. The fourth-order valence-corrected chi connectivity index (χ4v) is 3.36. The molecule has 1 fully saturated rings. The van der Waals surface area contributed by atoms with Gasteiger partial charge >= 0.3 is 0 Å². The van der Waals surface area contributed by atoms with Crippen LogP contribution in [0.15, 0.2) is 17.8 Å². The number of amides is 2. The maximum absolute atomic E-state index is 12.6. The third-order valence-corrected chi connectivity index (χ3v) is 4.90. The van der Waals surface area contributed by atoms with Crippen LogP contribution in [0.1, 0.15) is 37.7 Å². The lowest BCUT2D eigenvalue weighted by molar-refractivity contribution is -0.118. The van der Waals surface area contributed by atoms with E-state index in [1.165, 1.54) is 11.3 Å². The Morgan fingerprint density at radius 1 is 1.41 bits per heavy atom. The first-order chi connectivity index (χ1) is 12.8. The predicted octanol–water partition coefficient (Wildman–Crippen LogP) is 1.55. The average Bonchev–Trinajstić information content (AvgIpc) is 3.24. The van der Waals surface area contributed by atoms with Gasteiger partial charge in [-0.15, -0.1) is 16.4 Å². The Bertz CT molecular complexity index is 784. The normalized spacial score (nSPS) is 16.6. The van der Waals surface area contributed by atoms with Gasteiger partial charge in [0.1, 0.15) is 6.04 Å². The summed E-state index contributed by atoms with van der Waals surface area (Å²) < 4.78 is 6.88. The molecule has 2 N–H and O–H groups in total. The first-order valence-electron chi connectivity index (χ1n) is 8.84. The van der Waals surface area contributed by atoms with Crippen LogP contribution in [0.2, 0.25) is 0 Å². The standard InChI is InChI=1S/C17H24N6O3S/c1-11(2)6-12(14(24)20-16-18-4-5-27-16)19-15(25)13-7-23(22-21-13)8-17(3)9-26-10-17/h4-5,7,11-12H,6,8-10H2,1-3H3,(H,19,25)(H,18,20,24). The van der Waals surface area contributed by atoms with Crippen LogP contribution >= 0.6 is 11.3 Å². The van der Waals surface area contributed by atoms with Crippen molar-refractivity contribution >= 4 is 28.3 Å². The second-order valence-corrected chi connectivity index (χ2v) is 8.48. The summed E-state index contributed by atoms with van der Waals surface area (Å²) in [6.45, 7) is 8.05. The highest BCUT2D eigenvalue weighted by Gasteiger charge is 2.34. The van der Waals surface area contributed by atoms with Gasteiger partial charge in [0.15, 0.2) is 10.8 Å². The second-order valence-electron chi connectivity index (χ2n) is 7.59. The van der Waals surface area contributed by atoms with Gasteiger partial charge in [0.25, 0.3) is 5.91 Å². The van der Waals surface area contributed by atoms with E-state index >= 15 is 0 Å². The smallest absolute Gasteiger partial charge is 0.274 e. The van der Waals surface area contributed by atoms with Gasteiger partial charge in [-0.25, -0.2) is 4.98 Å². The molecule has 0 aromatic carbocycles. The summed E-state index contributed by atoms with van der Waals surface area (Å²) in [5, 5.41) is 15.7. The van der Waals surface area contributed by atoms with Gasteiger partial charge in [0.05, 0.1) is 26.0 Å². The van der Waals surface area contributed by atoms with Crippen molar-refractivity contribution in [3.63, 3.8) is 0 Å². The van der Waals surface area contributed by atoms with E-state index in [0.717, 1.165) is 0 Å². The second kappa shape index (κ2) is 8.13. The molecule has 1 atom stereocenters. The molecule has 2 amide bonds. The SMILES string of the molecule is CC(C)CC(NC(=O)c1cn(CC2(C)COC2)nn1)C(=O)Nc1nccs1. The fraction of sp³-hybridized carbons (Fsp3) is 0.588. The van der Waals surface area contributed by atoms with Gasteiger partial charge in [0.2, 0.25) is 5.91 Å². The Morgan fingerprint density at radius 2 is 2.19 bits per heavy atom. The third kappa shape index (κ3) is 5.10. The molecule has 1 unspecified atom stereocenters. The Hall–Kier alpha value is -2.33. The molecular weight excluding hydrogens is 368 g/mol. The molecule has 1 aliphatic heterocycles. The average molecular weight is 392 g/mol. The summed E-state index contributed by atoms with van der Waals surface area (Å²) >= 11 is 1.33. The van der Waals surface area contributed by atoms with Gasteiger partial charge in [0, 0.05) is 17.0 Å². The molecule has 9 nitrogen and oxygen atoms in total. The summed E-state index contributed by atoms with van der Waals surface area (Å²) in [6, 6.07) is -0.677. The number of nitrogens with zero attached hydrogens (tertiary/aromatic N) is 4. The monoisotopic (exact) mass is 392 g/mol. The van der Waals surface area contributed by atoms with Crippen LogP contribution in [0.25, 0.3) is 0 Å². The molecule has 3 heterocycles. The van der Waals surface area contributed by atoms with Crippen LogP contribution in [0, 0.1) is 11.3 Å². The van der Waals surface area contributed by atoms with Gasteiger partial charge in [-0.1, -0.05) is 26.0 Å². The molecule has 146 valence electrons. The summed E-state index contributed by atoms with van der Waals surface area (Å²) in [4.78, 5) is 29.1. The van der Waals surface area contributed by atoms with E-state index in [4.69, 9.17) is 4.74 Å². The number of anilines is 1. The highest BCUT2D eigenvalue weighted by molar-refractivity contribution is 7.13. The Balaban J connectivity index is 1.63. The van der Waals surface area contributed by atoms with Crippen molar-refractivity contribution in [2.75, 3.05) is 18.5 Å². The number of hydrogen-bond acceptors (Lipinski definition) is 7. The number of nitrogens with one attached hydrogen (secondary N) is 2. The van der Waals surface area contributed by atoms with Crippen molar-refractivity contribution in [3.8, 4) is 0 Å². The predicted molar refractivity (Wildman–Crippen MR) is 100 cm³/mol. The number of carbonyl (C=O) groups is 2. The highest BCUT2D eigenvalue weighted by atomic mass is 32.1. The van der Waals surface area contributed by atoms with Crippen molar-refractivity contribution in [2.24, 2.45) is 11.3 Å². The van der Waals surface area contributed by atoms with Crippen LogP contribution in [0.3, 0.4) is 0 Å². The maximum atomic E-state index is 12.6. The lowest BCUT2D eigenvalue weighted by Gasteiger charge is -2.37. The maximum Gasteiger partial charge on any atom is 0.274 e. The van der Waals surface area contributed by atoms with Crippen LogP contribution < -0.4 is 10.6 Å². The lowest BCUT2D eigenvalue weighted by atomic mass is 9.89. The molecule has 1 aliphatic rings. The minimum Gasteiger partial charge on any atom is -0.380 e. The number of aromatic nitrogens is 4. The Kier molecular flexibility index (Phi) is 5.85. The third-order valence-electron chi connectivity index (χ3n) is 4.21. The van der Waals surface area contributed by atoms with E-state index in [1.54, 1.807) is 22.5 Å². The zero-order chi connectivity index (χ0) is 19.4. The molecule has 1 saturated heterocycles. The van der Waals surface area contributed by atoms with Gasteiger partial charge in [-0.3, -0.25) is 14.3 Å². The molecule has 10 heteroatoms. The van der Waals surface area contributed by atoms with Crippen molar-refractivity contribution in [1.29, 1.82) is 0 Å². The fourth-order valence-electron chi connectivity index (χ4n) is 2.83. The molecule has 0 aliphatic carbocycles. The van der Waals surface area contributed by atoms with Crippen molar-refractivity contribution in [2.45, 2.75) is 39.8 Å². The van der Waals surface area contributed by atoms with Crippen molar-refractivity contribution in [3.05, 3.63) is 23.5 Å². The minimum atomic E-state index is -0.677. The van der Waals surface area contributed by atoms with Crippen LogP contribution in [0.4, 0.5) is 5.13 Å². The molecule has 2 aromatic rings. The Morgan fingerprint density at radius 3 is 2.78 bits per heavy atom. The minimum absolute atomic E-state index is 0.0230. The molecular formula is C17H24N6O3S. The van der Waals surface area contributed by atoms with E-state index in [1.807, 2.05) is 13.8 Å². The first-order valence-corrected chi connectivity index (χ1v) is 9.72. The van der Waals surface area contributed by atoms with E-state index < -0.39 is 11.9 Å². The van der Waals surface area contributed by atoms with Crippen LogP contribution in [-0.2, 0) is 16.1 Å². The topological polar surface area (TPSA) is 111 Å². The lowest BCUT2D eigenvalue weighted by Crippen LogP contribution is -2.44. The summed E-state index contributed by atoms with van der Waals surface area (Å²) in [5.74, 6) is -0.485. The quantitative estimate of drug-likeness (QED) is 0.705. The van der Waals surface area contributed by atoms with Gasteiger partial charge < -0.3 is 15.4 Å². The van der Waals surface area contributed by atoms with E-state index in [-0.39, 0.29) is 22.9 Å². The molecule has 0 radical (unpaired) electrons. The molecule has 27 heavy (non-hydrogen) atoms. The zero-order valence-electron chi connectivity index (χ0n) is 15.6. The van der Waals surface area contributed by atoms with E-state index in [9.17, 15) is 9.59 Å². The molecule has 0 spiro atoms.